The summed E-state index contributed by atoms with van der Waals surface area (Å²) in [7, 11) is 0. The van der Waals surface area contributed by atoms with Crippen molar-refractivity contribution in [2.24, 2.45) is 0 Å². The summed E-state index contributed by atoms with van der Waals surface area (Å²) in [5.41, 5.74) is 3.55. The van der Waals surface area contributed by atoms with Crippen LogP contribution in [0, 0.1) is 6.92 Å². The molecule has 1 fully saturated rings. The Labute approximate surface area is 162 Å². The van der Waals surface area contributed by atoms with E-state index in [9.17, 15) is 4.79 Å². The minimum Gasteiger partial charge on any atom is -0.351 e. The molecule has 2 atom stereocenters. The molecule has 2 aromatic heterocycles. The maximum atomic E-state index is 12.9. The lowest BCUT2D eigenvalue weighted by molar-refractivity contribution is -0.125. The van der Waals surface area contributed by atoms with Crippen molar-refractivity contribution in [2.45, 2.75) is 38.5 Å². The number of carbonyl (C=O) groups excluding carboxylic acids is 1. The van der Waals surface area contributed by atoms with Crippen LogP contribution in [0.3, 0.4) is 0 Å². The molecule has 1 amide bonds. The Morgan fingerprint density at radius 3 is 2.81 bits per heavy atom. The number of aromatic nitrogens is 4. The fourth-order valence-electron chi connectivity index (χ4n) is 3.48. The normalized spacial score (nSPS) is 20.0. The molecule has 7 nitrogen and oxygen atoms in total. The average Bonchev–Trinajstić information content (AvgIpc) is 3.43. The second-order valence-electron chi connectivity index (χ2n) is 6.96. The Hall–Kier alpha value is -2.58. The second kappa shape index (κ2) is 7.98. The Morgan fingerprint density at radius 2 is 2.11 bits per heavy atom. The van der Waals surface area contributed by atoms with Gasteiger partial charge >= 0.3 is 0 Å². The van der Waals surface area contributed by atoms with Crippen LogP contribution in [0.15, 0.2) is 47.4 Å². The van der Waals surface area contributed by atoms with E-state index in [4.69, 9.17) is 0 Å². The molecule has 3 aromatic rings. The van der Waals surface area contributed by atoms with Crippen LogP contribution >= 0.6 is 11.3 Å². The molecule has 140 valence electrons. The molecule has 0 unspecified atom stereocenters. The lowest BCUT2D eigenvalue weighted by Crippen LogP contribution is -2.42. The molecule has 8 heteroatoms. The first-order chi connectivity index (χ1) is 13.2. The minimum atomic E-state index is -0.190. The number of tetrazole rings is 1. The number of carbonyl (C=O) groups is 1. The Morgan fingerprint density at radius 1 is 1.26 bits per heavy atom. The third-order valence-corrected chi connectivity index (χ3v) is 5.71. The van der Waals surface area contributed by atoms with Gasteiger partial charge in [0.15, 0.2) is 0 Å². The van der Waals surface area contributed by atoms with E-state index in [0.29, 0.717) is 13.0 Å². The predicted octanol–water partition coefficient (Wildman–Crippen LogP) is 2.18. The van der Waals surface area contributed by atoms with Crippen molar-refractivity contribution in [2.75, 3.05) is 6.54 Å². The number of benzene rings is 1. The number of hydrogen-bond donors (Lipinski definition) is 1. The van der Waals surface area contributed by atoms with Crippen molar-refractivity contribution in [1.29, 1.82) is 0 Å². The van der Waals surface area contributed by atoms with Crippen molar-refractivity contribution in [3.05, 3.63) is 64.1 Å². The Kier molecular flexibility index (Phi) is 5.26. The van der Waals surface area contributed by atoms with Crippen molar-refractivity contribution in [1.82, 2.24) is 30.4 Å². The van der Waals surface area contributed by atoms with E-state index in [-0.39, 0.29) is 18.0 Å². The van der Waals surface area contributed by atoms with Crippen molar-refractivity contribution < 1.29 is 4.79 Å². The van der Waals surface area contributed by atoms with E-state index < -0.39 is 0 Å². The van der Waals surface area contributed by atoms with Crippen LogP contribution in [0.4, 0.5) is 0 Å². The minimum absolute atomic E-state index is 0.0568. The zero-order valence-corrected chi connectivity index (χ0v) is 16.0. The van der Waals surface area contributed by atoms with Crippen molar-refractivity contribution >= 4 is 17.2 Å². The number of hydrogen-bond acceptors (Lipinski definition) is 6. The highest BCUT2D eigenvalue weighted by Gasteiger charge is 2.38. The monoisotopic (exact) mass is 382 g/mol. The van der Waals surface area contributed by atoms with Gasteiger partial charge < -0.3 is 5.32 Å². The fraction of sp³-hybridized carbons (Fsp3) is 0.368. The topological polar surface area (TPSA) is 75.9 Å². The van der Waals surface area contributed by atoms with Crippen LogP contribution in [0.5, 0.6) is 0 Å². The summed E-state index contributed by atoms with van der Waals surface area (Å²) in [5, 5.41) is 18.8. The third kappa shape index (κ3) is 4.23. The summed E-state index contributed by atoms with van der Waals surface area (Å²) in [6.45, 7) is 4.11. The number of likely N-dealkylation sites (tertiary alicyclic amines) is 1. The largest absolute Gasteiger partial charge is 0.351 e. The highest BCUT2D eigenvalue weighted by atomic mass is 32.1. The second-order valence-corrected chi connectivity index (χ2v) is 7.74. The highest BCUT2D eigenvalue weighted by molar-refractivity contribution is 7.07. The lowest BCUT2D eigenvalue weighted by Gasteiger charge is -2.23. The maximum Gasteiger partial charge on any atom is 0.237 e. The van der Waals surface area contributed by atoms with Gasteiger partial charge in [-0.2, -0.15) is 11.3 Å². The molecule has 4 rings (SSSR count). The van der Waals surface area contributed by atoms with E-state index in [1.54, 1.807) is 22.3 Å². The SMILES string of the molecule is Cc1ccc(CNC(=O)[C@@H]2C[C@H](n3cnnn3)CN2Cc2ccsc2)cc1. The van der Waals surface area contributed by atoms with Gasteiger partial charge in [-0.3, -0.25) is 9.69 Å². The van der Waals surface area contributed by atoms with E-state index in [2.05, 4.69) is 73.8 Å². The number of thiophene rings is 1. The Balaban J connectivity index is 1.44. The first kappa shape index (κ1) is 17.8. The van der Waals surface area contributed by atoms with E-state index >= 15 is 0 Å². The van der Waals surface area contributed by atoms with Gasteiger partial charge in [-0.15, -0.1) is 5.10 Å². The van der Waals surface area contributed by atoms with Crippen LogP contribution in [0.1, 0.15) is 29.2 Å². The van der Waals surface area contributed by atoms with Gasteiger partial charge in [0.05, 0.1) is 12.1 Å². The standard InChI is InChI=1S/C19H22N6OS/c1-14-2-4-15(5-3-14)9-20-19(26)18-8-17(25-13-21-22-23-25)11-24(18)10-16-6-7-27-12-16/h2-7,12-13,17-18H,8-11H2,1H3,(H,20,26)/t17-,18-/m0/s1. The molecular weight excluding hydrogens is 360 g/mol. The Bertz CT molecular complexity index is 862. The third-order valence-electron chi connectivity index (χ3n) is 4.98. The van der Waals surface area contributed by atoms with E-state index in [1.807, 2.05) is 0 Å². The summed E-state index contributed by atoms with van der Waals surface area (Å²) in [6.07, 6.45) is 2.33. The van der Waals surface area contributed by atoms with Crippen molar-refractivity contribution in [3.63, 3.8) is 0 Å². The first-order valence-electron chi connectivity index (χ1n) is 9.00. The summed E-state index contributed by atoms with van der Waals surface area (Å²) < 4.78 is 1.76. The van der Waals surface area contributed by atoms with Crippen LogP contribution in [0.25, 0.3) is 0 Å². The predicted molar refractivity (Wildman–Crippen MR) is 103 cm³/mol. The molecule has 0 radical (unpaired) electrons. The van der Waals surface area contributed by atoms with Gasteiger partial charge in [0, 0.05) is 19.6 Å². The first-order valence-corrected chi connectivity index (χ1v) is 9.94. The van der Waals surface area contributed by atoms with Gasteiger partial charge in [-0.25, -0.2) is 4.68 Å². The zero-order valence-electron chi connectivity index (χ0n) is 15.2. The average molecular weight is 382 g/mol. The molecule has 0 aliphatic carbocycles. The molecule has 1 aliphatic rings. The van der Waals surface area contributed by atoms with Crippen LogP contribution < -0.4 is 5.32 Å². The number of nitrogens with one attached hydrogen (secondary N) is 1. The van der Waals surface area contributed by atoms with Gasteiger partial charge in [-0.05, 0) is 51.7 Å². The van der Waals surface area contributed by atoms with Gasteiger partial charge in [0.1, 0.15) is 6.33 Å². The fourth-order valence-corrected chi connectivity index (χ4v) is 4.14. The van der Waals surface area contributed by atoms with Gasteiger partial charge in [-0.1, -0.05) is 29.8 Å². The quantitative estimate of drug-likeness (QED) is 0.707. The molecule has 1 N–H and O–H groups in total. The molecule has 0 spiro atoms. The van der Waals surface area contributed by atoms with Gasteiger partial charge in [0.25, 0.3) is 0 Å². The van der Waals surface area contributed by atoms with Gasteiger partial charge in [0.2, 0.25) is 5.91 Å². The molecule has 1 aromatic carbocycles. The molecule has 1 aliphatic heterocycles. The van der Waals surface area contributed by atoms with E-state index in [0.717, 1.165) is 18.7 Å². The molecular formula is C19H22N6OS. The summed E-state index contributed by atoms with van der Waals surface area (Å²) in [6, 6.07) is 10.3. The van der Waals surface area contributed by atoms with E-state index in [1.165, 1.54) is 11.1 Å². The molecule has 1 saturated heterocycles. The number of rotatable bonds is 6. The molecule has 0 saturated carbocycles. The number of nitrogens with zero attached hydrogens (tertiary/aromatic N) is 5. The lowest BCUT2D eigenvalue weighted by atomic mass is 10.1. The molecule has 0 bridgehead atoms. The maximum absolute atomic E-state index is 12.9. The zero-order chi connectivity index (χ0) is 18.6. The van der Waals surface area contributed by atoms with Crippen molar-refractivity contribution in [3.8, 4) is 0 Å². The van der Waals surface area contributed by atoms with Crippen LogP contribution in [-0.4, -0.2) is 43.6 Å². The summed E-state index contributed by atoms with van der Waals surface area (Å²) >= 11 is 1.68. The molecule has 27 heavy (non-hydrogen) atoms. The van der Waals surface area contributed by atoms with Crippen LogP contribution in [-0.2, 0) is 17.9 Å². The summed E-state index contributed by atoms with van der Waals surface area (Å²) in [5.74, 6) is 0.0568. The molecule has 3 heterocycles. The number of amides is 1. The van der Waals surface area contributed by atoms with Crippen LogP contribution in [0.2, 0.25) is 0 Å². The smallest absolute Gasteiger partial charge is 0.237 e. The summed E-state index contributed by atoms with van der Waals surface area (Å²) in [4.78, 5) is 15.1. The highest BCUT2D eigenvalue weighted by Crippen LogP contribution is 2.28. The number of aryl methyl sites for hydroxylation is 1.